The van der Waals surface area contributed by atoms with E-state index in [1.54, 1.807) is 18.2 Å². The van der Waals surface area contributed by atoms with Gasteiger partial charge in [0.15, 0.2) is 5.13 Å². The number of halogens is 1. The van der Waals surface area contributed by atoms with Gasteiger partial charge in [-0.15, -0.1) is 11.3 Å². The summed E-state index contributed by atoms with van der Waals surface area (Å²) in [6.07, 6.45) is 3.23. The van der Waals surface area contributed by atoms with Gasteiger partial charge >= 0.3 is 0 Å². The summed E-state index contributed by atoms with van der Waals surface area (Å²) in [7, 11) is 2.09. The second kappa shape index (κ2) is 5.93. The number of carbonyl (C=O) groups is 1. The quantitative estimate of drug-likeness (QED) is 0.928. The zero-order valence-corrected chi connectivity index (χ0v) is 14.5. The number of aromatic nitrogens is 1. The lowest BCUT2D eigenvalue weighted by atomic mass is 9.63. The molecule has 1 fully saturated rings. The molecule has 1 saturated carbocycles. The summed E-state index contributed by atoms with van der Waals surface area (Å²) in [5.41, 5.74) is 0.852. The zero-order chi connectivity index (χ0) is 16.7. The van der Waals surface area contributed by atoms with Crippen LogP contribution in [0.15, 0.2) is 24.3 Å². The molecule has 1 aliphatic carbocycles. The number of anilines is 1. The van der Waals surface area contributed by atoms with Gasteiger partial charge in [0.05, 0.1) is 11.1 Å². The molecule has 4 rings (SSSR count). The molecule has 1 amide bonds. The summed E-state index contributed by atoms with van der Waals surface area (Å²) in [6, 6.07) is 6.62. The topological polar surface area (TPSA) is 45.2 Å². The number of hydrogen-bond donors (Lipinski definition) is 1. The summed E-state index contributed by atoms with van der Waals surface area (Å²) >= 11 is 1.54. The highest BCUT2D eigenvalue weighted by Crippen LogP contribution is 2.45. The fraction of sp³-hybridized carbons (Fsp3) is 0.444. The Hall–Kier alpha value is -1.79. The van der Waals surface area contributed by atoms with Crippen LogP contribution < -0.4 is 5.32 Å². The highest BCUT2D eigenvalue weighted by Gasteiger charge is 2.47. The van der Waals surface area contributed by atoms with E-state index in [0.717, 1.165) is 31.6 Å². The first kappa shape index (κ1) is 15.7. The molecule has 0 atom stereocenters. The summed E-state index contributed by atoms with van der Waals surface area (Å²) < 4.78 is 14.2. The molecule has 1 aromatic heterocycles. The molecule has 4 nitrogen and oxygen atoms in total. The van der Waals surface area contributed by atoms with Crippen molar-refractivity contribution >= 4 is 22.4 Å². The average Bonchev–Trinajstić information content (AvgIpc) is 2.89. The number of nitrogens with zero attached hydrogens (tertiary/aromatic N) is 2. The molecule has 0 spiro atoms. The van der Waals surface area contributed by atoms with Crippen LogP contribution in [-0.4, -0.2) is 29.4 Å². The molecule has 6 heteroatoms. The second-order valence-electron chi connectivity index (χ2n) is 6.75. The molecule has 1 aromatic carbocycles. The molecule has 2 heterocycles. The van der Waals surface area contributed by atoms with Gasteiger partial charge in [-0.3, -0.25) is 4.79 Å². The number of benzene rings is 1. The normalized spacial score (nSPS) is 19.4. The first-order chi connectivity index (χ1) is 11.6. The highest BCUT2D eigenvalue weighted by atomic mass is 32.1. The number of fused-ring (bicyclic) bond motifs is 1. The number of likely N-dealkylation sites (N-methyl/N-ethyl adjacent to an activating group) is 1. The van der Waals surface area contributed by atoms with E-state index in [0.29, 0.717) is 23.5 Å². The van der Waals surface area contributed by atoms with E-state index >= 15 is 0 Å². The van der Waals surface area contributed by atoms with Crippen molar-refractivity contribution in [3.63, 3.8) is 0 Å². The Bertz CT molecular complexity index is 784. The van der Waals surface area contributed by atoms with Crippen LogP contribution in [-0.2, 0) is 23.2 Å². The molecule has 2 aliphatic rings. The maximum atomic E-state index is 14.2. The first-order valence-electron chi connectivity index (χ1n) is 8.32. The van der Waals surface area contributed by atoms with Crippen LogP contribution in [0.4, 0.5) is 9.52 Å². The van der Waals surface area contributed by atoms with Gasteiger partial charge in [-0.2, -0.15) is 0 Å². The minimum atomic E-state index is -0.742. The van der Waals surface area contributed by atoms with Crippen molar-refractivity contribution in [1.82, 2.24) is 9.88 Å². The predicted molar refractivity (Wildman–Crippen MR) is 92.7 cm³/mol. The van der Waals surface area contributed by atoms with Gasteiger partial charge in [0.2, 0.25) is 5.91 Å². The number of thiazole rings is 1. The van der Waals surface area contributed by atoms with Crippen molar-refractivity contribution in [3.8, 4) is 0 Å². The third-order valence-corrected chi connectivity index (χ3v) is 6.17. The van der Waals surface area contributed by atoms with Crippen LogP contribution in [0, 0.1) is 5.82 Å². The number of carbonyl (C=O) groups excluding carboxylic acids is 1. The van der Waals surface area contributed by atoms with Crippen LogP contribution >= 0.6 is 11.3 Å². The third kappa shape index (κ3) is 2.54. The summed E-state index contributed by atoms with van der Waals surface area (Å²) in [5, 5.41) is 3.61. The molecule has 0 bridgehead atoms. The molecule has 126 valence electrons. The van der Waals surface area contributed by atoms with Crippen LogP contribution in [0.3, 0.4) is 0 Å². The van der Waals surface area contributed by atoms with Crippen LogP contribution in [0.5, 0.6) is 0 Å². The fourth-order valence-corrected chi connectivity index (χ4v) is 4.68. The molecule has 1 N–H and O–H groups in total. The van der Waals surface area contributed by atoms with Crippen LogP contribution in [0.2, 0.25) is 0 Å². The number of rotatable bonds is 3. The zero-order valence-electron chi connectivity index (χ0n) is 13.6. The van der Waals surface area contributed by atoms with E-state index in [2.05, 4.69) is 22.2 Å². The van der Waals surface area contributed by atoms with E-state index in [4.69, 9.17) is 0 Å². The van der Waals surface area contributed by atoms with Crippen molar-refractivity contribution in [2.75, 3.05) is 18.9 Å². The lowest BCUT2D eigenvalue weighted by Gasteiger charge is -2.40. The highest BCUT2D eigenvalue weighted by molar-refractivity contribution is 7.15. The standard InChI is InChI=1S/C18H20FN3OS/c1-22-10-7-14-15(11-22)24-17(20-14)21-16(23)18(8-4-9-18)12-5-2-3-6-13(12)19/h2-3,5-6H,4,7-11H2,1H3,(H,20,21,23). The van der Waals surface area contributed by atoms with Gasteiger partial charge in [0, 0.05) is 30.0 Å². The Labute approximate surface area is 144 Å². The maximum Gasteiger partial charge on any atom is 0.236 e. The van der Waals surface area contributed by atoms with Gasteiger partial charge in [-0.25, -0.2) is 9.37 Å². The van der Waals surface area contributed by atoms with Gasteiger partial charge in [-0.1, -0.05) is 24.6 Å². The fourth-order valence-electron chi connectivity index (χ4n) is 3.59. The Kier molecular flexibility index (Phi) is 3.89. The SMILES string of the molecule is CN1CCc2nc(NC(=O)C3(c4ccccc4F)CCC3)sc2C1. The summed E-state index contributed by atoms with van der Waals surface area (Å²) in [5.74, 6) is -0.425. The minimum Gasteiger partial charge on any atom is -0.301 e. The first-order valence-corrected chi connectivity index (χ1v) is 9.14. The van der Waals surface area contributed by atoms with Gasteiger partial charge < -0.3 is 10.2 Å². The molecule has 0 radical (unpaired) electrons. The Balaban J connectivity index is 1.58. The molecule has 0 saturated heterocycles. The van der Waals surface area contributed by atoms with Crippen molar-refractivity contribution < 1.29 is 9.18 Å². The van der Waals surface area contributed by atoms with Gasteiger partial charge in [0.1, 0.15) is 5.82 Å². The number of amides is 1. The number of hydrogen-bond acceptors (Lipinski definition) is 4. The van der Waals surface area contributed by atoms with Crippen LogP contribution in [0.25, 0.3) is 0 Å². The molecule has 2 aromatic rings. The summed E-state index contributed by atoms with van der Waals surface area (Å²) in [6.45, 7) is 1.87. The van der Waals surface area contributed by atoms with E-state index in [-0.39, 0.29) is 11.7 Å². The van der Waals surface area contributed by atoms with Gasteiger partial charge in [-0.05, 0) is 26.0 Å². The molecular formula is C18H20FN3OS. The van der Waals surface area contributed by atoms with E-state index in [9.17, 15) is 9.18 Å². The molecule has 1 aliphatic heterocycles. The Morgan fingerprint density at radius 2 is 2.17 bits per heavy atom. The average molecular weight is 345 g/mol. The van der Waals surface area contributed by atoms with Crippen molar-refractivity contribution in [1.29, 1.82) is 0 Å². The van der Waals surface area contributed by atoms with Crippen molar-refractivity contribution in [2.24, 2.45) is 0 Å². The molecule has 24 heavy (non-hydrogen) atoms. The van der Waals surface area contributed by atoms with E-state index in [1.807, 2.05) is 0 Å². The smallest absolute Gasteiger partial charge is 0.236 e. The summed E-state index contributed by atoms with van der Waals surface area (Å²) in [4.78, 5) is 21.0. The monoisotopic (exact) mass is 345 g/mol. The lowest BCUT2D eigenvalue weighted by molar-refractivity contribution is -0.124. The maximum absolute atomic E-state index is 14.2. The van der Waals surface area contributed by atoms with E-state index in [1.165, 1.54) is 22.3 Å². The molecule has 0 unspecified atom stereocenters. The third-order valence-electron chi connectivity index (χ3n) is 5.17. The lowest BCUT2D eigenvalue weighted by Crippen LogP contribution is -2.46. The van der Waals surface area contributed by atoms with Gasteiger partial charge in [0.25, 0.3) is 0 Å². The van der Waals surface area contributed by atoms with E-state index < -0.39 is 5.41 Å². The minimum absolute atomic E-state index is 0.127. The number of nitrogens with one attached hydrogen (secondary N) is 1. The van der Waals surface area contributed by atoms with Crippen LogP contribution in [0.1, 0.15) is 35.4 Å². The largest absolute Gasteiger partial charge is 0.301 e. The predicted octanol–water partition coefficient (Wildman–Crippen LogP) is 3.33. The second-order valence-corrected chi connectivity index (χ2v) is 7.83. The molecular weight excluding hydrogens is 325 g/mol. The van der Waals surface area contributed by atoms with Crippen molar-refractivity contribution in [3.05, 3.63) is 46.2 Å². The Morgan fingerprint density at radius 1 is 1.38 bits per heavy atom. The Morgan fingerprint density at radius 3 is 2.88 bits per heavy atom. The van der Waals surface area contributed by atoms with Crippen molar-refractivity contribution in [2.45, 2.75) is 37.6 Å².